The first-order valence-corrected chi connectivity index (χ1v) is 6.73. The molecule has 1 aromatic carbocycles. The van der Waals surface area contributed by atoms with Crippen molar-refractivity contribution in [1.29, 1.82) is 5.26 Å². The summed E-state index contributed by atoms with van der Waals surface area (Å²) in [5.74, 6) is -0.195. The van der Waals surface area contributed by atoms with Gasteiger partial charge in [-0.05, 0) is 24.7 Å². The van der Waals surface area contributed by atoms with Crippen molar-refractivity contribution in [3.8, 4) is 6.07 Å². The number of carbonyl (C=O) groups is 1. The molecule has 1 aromatic rings. The van der Waals surface area contributed by atoms with E-state index < -0.39 is 0 Å². The highest BCUT2D eigenvalue weighted by molar-refractivity contribution is 5.71. The number of benzene rings is 1. The first-order valence-electron chi connectivity index (χ1n) is 6.73. The molecule has 1 fully saturated rings. The van der Waals surface area contributed by atoms with E-state index in [1.54, 1.807) is 12.1 Å². The third-order valence-corrected chi connectivity index (χ3v) is 3.43. The summed E-state index contributed by atoms with van der Waals surface area (Å²) < 4.78 is 5.25. The van der Waals surface area contributed by atoms with Gasteiger partial charge >= 0.3 is 5.97 Å². The van der Waals surface area contributed by atoms with Crippen LogP contribution in [0.4, 0.5) is 0 Å². The number of esters is 1. The van der Waals surface area contributed by atoms with Gasteiger partial charge in [-0.1, -0.05) is 12.1 Å². The highest BCUT2D eigenvalue weighted by Gasteiger charge is 2.17. The standard InChI is InChI=1S/C15H19N3O2/c1-17-6-8-18(9-7-17)11-15(19)20-12-14-4-2-13(10-16)3-5-14/h2-5H,6-9,11-12H2,1H3. The van der Waals surface area contributed by atoms with E-state index in [9.17, 15) is 4.79 Å². The second kappa shape index (κ2) is 7.04. The zero-order valence-electron chi connectivity index (χ0n) is 11.7. The predicted octanol–water partition coefficient (Wildman–Crippen LogP) is 0.849. The van der Waals surface area contributed by atoms with Crippen molar-refractivity contribution in [2.75, 3.05) is 39.8 Å². The fourth-order valence-electron chi connectivity index (χ4n) is 2.07. The maximum atomic E-state index is 11.8. The Morgan fingerprint density at radius 1 is 1.25 bits per heavy atom. The topological polar surface area (TPSA) is 56.6 Å². The quantitative estimate of drug-likeness (QED) is 0.761. The monoisotopic (exact) mass is 273 g/mol. The van der Waals surface area contributed by atoms with E-state index in [1.165, 1.54) is 0 Å². The summed E-state index contributed by atoms with van der Waals surface area (Å²) in [5, 5.41) is 8.70. The lowest BCUT2D eigenvalue weighted by Gasteiger charge is -2.31. The minimum Gasteiger partial charge on any atom is -0.460 e. The molecule has 0 amide bonds. The molecule has 1 saturated heterocycles. The van der Waals surface area contributed by atoms with Crippen molar-refractivity contribution in [3.63, 3.8) is 0 Å². The van der Waals surface area contributed by atoms with E-state index in [0.717, 1.165) is 31.7 Å². The molecule has 5 heteroatoms. The fraction of sp³-hybridized carbons (Fsp3) is 0.467. The minimum absolute atomic E-state index is 0.195. The van der Waals surface area contributed by atoms with Crippen LogP contribution < -0.4 is 0 Å². The summed E-state index contributed by atoms with van der Waals surface area (Å²) in [6.07, 6.45) is 0. The predicted molar refractivity (Wildman–Crippen MR) is 74.9 cm³/mol. The summed E-state index contributed by atoms with van der Waals surface area (Å²) in [5.41, 5.74) is 1.51. The Kier molecular flexibility index (Phi) is 5.10. The van der Waals surface area contributed by atoms with Gasteiger partial charge < -0.3 is 9.64 Å². The lowest BCUT2D eigenvalue weighted by molar-refractivity contribution is -0.146. The average molecular weight is 273 g/mol. The van der Waals surface area contributed by atoms with E-state index in [4.69, 9.17) is 10.00 Å². The summed E-state index contributed by atoms with van der Waals surface area (Å²) in [6.45, 7) is 4.40. The van der Waals surface area contributed by atoms with Gasteiger partial charge in [0.05, 0.1) is 18.2 Å². The van der Waals surface area contributed by atoms with Crippen molar-refractivity contribution in [3.05, 3.63) is 35.4 Å². The number of hydrogen-bond donors (Lipinski definition) is 0. The lowest BCUT2D eigenvalue weighted by Crippen LogP contribution is -2.46. The Morgan fingerprint density at radius 3 is 2.50 bits per heavy atom. The summed E-state index contributed by atoms with van der Waals surface area (Å²) in [7, 11) is 2.08. The number of carbonyl (C=O) groups excluding carboxylic acids is 1. The van der Waals surface area contributed by atoms with E-state index in [0.29, 0.717) is 12.1 Å². The SMILES string of the molecule is CN1CCN(CC(=O)OCc2ccc(C#N)cc2)CC1. The molecule has 0 aromatic heterocycles. The molecule has 0 unspecified atom stereocenters. The van der Waals surface area contributed by atoms with Crippen LogP contribution in [0.25, 0.3) is 0 Å². The second-order valence-corrected chi connectivity index (χ2v) is 5.05. The highest BCUT2D eigenvalue weighted by atomic mass is 16.5. The Morgan fingerprint density at radius 2 is 1.90 bits per heavy atom. The summed E-state index contributed by atoms with van der Waals surface area (Å²) in [6, 6.07) is 9.12. The minimum atomic E-state index is -0.195. The van der Waals surface area contributed by atoms with Crippen LogP contribution in [0.2, 0.25) is 0 Å². The Hall–Kier alpha value is -1.90. The van der Waals surface area contributed by atoms with Crippen LogP contribution in [0.5, 0.6) is 0 Å². The van der Waals surface area contributed by atoms with Crippen LogP contribution in [0.1, 0.15) is 11.1 Å². The van der Waals surface area contributed by atoms with Gasteiger partial charge in [-0.2, -0.15) is 5.26 Å². The first-order chi connectivity index (χ1) is 9.67. The normalized spacial score (nSPS) is 16.6. The zero-order chi connectivity index (χ0) is 14.4. The van der Waals surface area contributed by atoms with E-state index in [2.05, 4.69) is 22.9 Å². The number of likely N-dealkylation sites (N-methyl/N-ethyl adjacent to an activating group) is 1. The molecular weight excluding hydrogens is 254 g/mol. The van der Waals surface area contributed by atoms with Crippen LogP contribution in [0, 0.1) is 11.3 Å². The van der Waals surface area contributed by atoms with Crippen molar-refractivity contribution in [1.82, 2.24) is 9.80 Å². The number of ether oxygens (including phenoxy) is 1. The number of nitrogens with zero attached hydrogens (tertiary/aromatic N) is 3. The van der Waals surface area contributed by atoms with E-state index in [-0.39, 0.29) is 12.6 Å². The van der Waals surface area contributed by atoms with Crippen molar-refractivity contribution in [2.24, 2.45) is 0 Å². The van der Waals surface area contributed by atoms with Gasteiger partial charge in [0.15, 0.2) is 0 Å². The van der Waals surface area contributed by atoms with Crippen molar-refractivity contribution >= 4 is 5.97 Å². The van der Waals surface area contributed by atoms with E-state index >= 15 is 0 Å². The Balaban J connectivity index is 1.73. The average Bonchev–Trinajstić information content (AvgIpc) is 2.48. The molecule has 1 aliphatic rings. The van der Waals surface area contributed by atoms with Gasteiger partial charge in [-0.15, -0.1) is 0 Å². The number of hydrogen-bond acceptors (Lipinski definition) is 5. The van der Waals surface area contributed by atoms with Gasteiger partial charge in [0, 0.05) is 26.2 Å². The number of piperazine rings is 1. The molecule has 0 saturated carbocycles. The summed E-state index contributed by atoms with van der Waals surface area (Å²) >= 11 is 0. The van der Waals surface area contributed by atoms with Gasteiger partial charge in [-0.3, -0.25) is 9.69 Å². The van der Waals surface area contributed by atoms with Crippen LogP contribution in [0.15, 0.2) is 24.3 Å². The molecule has 1 heterocycles. The Bertz CT molecular complexity index is 485. The van der Waals surface area contributed by atoms with Gasteiger partial charge in [0.2, 0.25) is 0 Å². The zero-order valence-corrected chi connectivity index (χ0v) is 11.7. The molecule has 0 spiro atoms. The number of nitriles is 1. The maximum Gasteiger partial charge on any atom is 0.320 e. The lowest BCUT2D eigenvalue weighted by atomic mass is 10.2. The molecule has 20 heavy (non-hydrogen) atoms. The molecule has 0 N–H and O–H groups in total. The number of rotatable bonds is 4. The van der Waals surface area contributed by atoms with E-state index in [1.807, 2.05) is 12.1 Å². The molecule has 1 aliphatic heterocycles. The molecule has 0 radical (unpaired) electrons. The smallest absolute Gasteiger partial charge is 0.320 e. The molecule has 5 nitrogen and oxygen atoms in total. The fourth-order valence-corrected chi connectivity index (χ4v) is 2.07. The molecule has 0 bridgehead atoms. The van der Waals surface area contributed by atoms with Crippen molar-refractivity contribution < 1.29 is 9.53 Å². The van der Waals surface area contributed by atoms with Crippen LogP contribution in [-0.4, -0.2) is 55.5 Å². The second-order valence-electron chi connectivity index (χ2n) is 5.05. The first kappa shape index (κ1) is 14.5. The molecule has 106 valence electrons. The molecule has 0 aliphatic carbocycles. The van der Waals surface area contributed by atoms with Gasteiger partial charge in [0.25, 0.3) is 0 Å². The third-order valence-electron chi connectivity index (χ3n) is 3.43. The van der Waals surface area contributed by atoms with Gasteiger partial charge in [0.1, 0.15) is 6.61 Å². The van der Waals surface area contributed by atoms with Gasteiger partial charge in [-0.25, -0.2) is 0 Å². The highest BCUT2D eigenvalue weighted by Crippen LogP contribution is 2.05. The van der Waals surface area contributed by atoms with Crippen molar-refractivity contribution in [2.45, 2.75) is 6.61 Å². The maximum absolute atomic E-state index is 11.8. The molecule has 2 rings (SSSR count). The molecule has 0 atom stereocenters. The van der Waals surface area contributed by atoms with Crippen LogP contribution in [-0.2, 0) is 16.1 Å². The van der Waals surface area contributed by atoms with Crippen LogP contribution >= 0.6 is 0 Å². The third kappa shape index (κ3) is 4.34. The largest absolute Gasteiger partial charge is 0.460 e. The van der Waals surface area contributed by atoms with Crippen LogP contribution in [0.3, 0.4) is 0 Å². The Labute approximate surface area is 119 Å². The summed E-state index contributed by atoms with van der Waals surface area (Å²) in [4.78, 5) is 16.1. The molecular formula is C15H19N3O2.